The van der Waals surface area contributed by atoms with Crippen molar-refractivity contribution >= 4 is 46.5 Å². The summed E-state index contributed by atoms with van der Waals surface area (Å²) in [6.45, 7) is 3.62. The Bertz CT molecular complexity index is 822. The molecule has 1 atom stereocenters. The molecule has 28 heavy (non-hydrogen) atoms. The van der Waals surface area contributed by atoms with Crippen molar-refractivity contribution in [2.75, 3.05) is 25.2 Å². The van der Waals surface area contributed by atoms with Crippen LogP contribution < -0.4 is 10.6 Å². The number of benzene rings is 1. The van der Waals surface area contributed by atoms with E-state index in [-0.39, 0.29) is 30.2 Å². The molecule has 0 saturated carbocycles. The smallest absolute Gasteiger partial charge is 0.262 e. The van der Waals surface area contributed by atoms with Crippen molar-refractivity contribution in [3.05, 3.63) is 46.7 Å². The Hall–Kier alpha value is -2.32. The van der Waals surface area contributed by atoms with Crippen LogP contribution in [-0.2, 0) is 9.59 Å². The van der Waals surface area contributed by atoms with Crippen LogP contribution in [0.5, 0.6) is 0 Å². The van der Waals surface area contributed by atoms with Crippen LogP contribution in [0, 0.1) is 5.92 Å². The molecule has 0 radical (unpaired) electrons. The number of amides is 3. The van der Waals surface area contributed by atoms with E-state index in [1.54, 1.807) is 19.2 Å². The van der Waals surface area contributed by atoms with Crippen LogP contribution in [0.4, 0.5) is 5.69 Å². The third-order valence-corrected chi connectivity index (χ3v) is 5.77. The molecule has 0 aliphatic carbocycles. The van der Waals surface area contributed by atoms with Crippen LogP contribution in [0.3, 0.4) is 0 Å². The van der Waals surface area contributed by atoms with E-state index in [4.69, 9.17) is 0 Å². The molecule has 8 heteroatoms. The van der Waals surface area contributed by atoms with Crippen molar-refractivity contribution in [2.45, 2.75) is 24.8 Å². The van der Waals surface area contributed by atoms with Gasteiger partial charge in [0.2, 0.25) is 11.8 Å². The lowest BCUT2D eigenvalue weighted by Crippen LogP contribution is -2.51. The summed E-state index contributed by atoms with van der Waals surface area (Å²) in [4.78, 5) is 40.4. The SMILES string of the molecule is CSc1ccccc1NC(=O)CN(C)C(=O)C(NC(=O)c1cccs1)C(C)C. The standard InChI is InChI=1S/C20H25N3O3S2/c1-13(2)18(22-19(25)16-10-7-11-28-16)20(26)23(3)12-17(24)21-14-8-5-6-9-15(14)27-4/h5-11,13,18H,12H2,1-4H3,(H,21,24)(H,22,25). The second kappa shape index (κ2) is 10.3. The molecular formula is C20H25N3O3S2. The third-order valence-electron chi connectivity index (χ3n) is 4.10. The van der Waals surface area contributed by atoms with Gasteiger partial charge in [-0.1, -0.05) is 32.0 Å². The number of nitrogens with zero attached hydrogens (tertiary/aromatic N) is 1. The molecule has 2 rings (SSSR count). The van der Waals surface area contributed by atoms with Crippen LogP contribution in [0.25, 0.3) is 0 Å². The molecule has 2 aromatic rings. The molecule has 0 aliphatic rings. The average Bonchev–Trinajstić information content (AvgIpc) is 3.20. The fourth-order valence-electron chi connectivity index (χ4n) is 2.60. The lowest BCUT2D eigenvalue weighted by atomic mass is 10.0. The molecule has 1 aromatic carbocycles. The van der Waals surface area contributed by atoms with E-state index in [0.29, 0.717) is 10.6 Å². The summed E-state index contributed by atoms with van der Waals surface area (Å²) in [6.07, 6.45) is 1.93. The molecule has 1 unspecified atom stereocenters. The zero-order valence-electron chi connectivity index (χ0n) is 16.4. The van der Waals surface area contributed by atoms with Gasteiger partial charge in [-0.2, -0.15) is 0 Å². The van der Waals surface area contributed by atoms with Gasteiger partial charge in [0.1, 0.15) is 6.04 Å². The highest BCUT2D eigenvalue weighted by molar-refractivity contribution is 7.98. The average molecular weight is 420 g/mol. The zero-order valence-corrected chi connectivity index (χ0v) is 18.0. The molecule has 3 amide bonds. The van der Waals surface area contributed by atoms with Gasteiger partial charge >= 0.3 is 0 Å². The molecule has 1 aromatic heterocycles. The number of nitrogens with one attached hydrogen (secondary N) is 2. The zero-order chi connectivity index (χ0) is 20.7. The van der Waals surface area contributed by atoms with E-state index in [2.05, 4.69) is 10.6 Å². The van der Waals surface area contributed by atoms with Crippen LogP contribution in [0.2, 0.25) is 0 Å². The first-order valence-corrected chi connectivity index (χ1v) is 11.0. The number of rotatable bonds is 8. The summed E-state index contributed by atoms with van der Waals surface area (Å²) < 4.78 is 0. The molecule has 1 heterocycles. The minimum atomic E-state index is -0.703. The fourth-order valence-corrected chi connectivity index (χ4v) is 3.78. The maximum absolute atomic E-state index is 12.8. The van der Waals surface area contributed by atoms with Crippen LogP contribution >= 0.6 is 23.1 Å². The summed E-state index contributed by atoms with van der Waals surface area (Å²) in [7, 11) is 1.56. The minimum absolute atomic E-state index is 0.0976. The highest BCUT2D eigenvalue weighted by Crippen LogP contribution is 2.24. The second-order valence-corrected chi connectivity index (χ2v) is 8.41. The van der Waals surface area contributed by atoms with E-state index in [1.165, 1.54) is 28.0 Å². The second-order valence-electron chi connectivity index (χ2n) is 6.62. The van der Waals surface area contributed by atoms with Gasteiger partial charge in [-0.05, 0) is 35.8 Å². The first-order valence-electron chi connectivity index (χ1n) is 8.85. The van der Waals surface area contributed by atoms with E-state index in [1.807, 2.05) is 49.7 Å². The van der Waals surface area contributed by atoms with Crippen molar-refractivity contribution in [1.82, 2.24) is 10.2 Å². The van der Waals surface area contributed by atoms with Gasteiger partial charge in [0.15, 0.2) is 0 Å². The Labute approximate surface area is 173 Å². The van der Waals surface area contributed by atoms with Gasteiger partial charge in [-0.15, -0.1) is 23.1 Å². The van der Waals surface area contributed by atoms with Crippen LogP contribution in [0.15, 0.2) is 46.7 Å². The maximum atomic E-state index is 12.8. The number of thiophene rings is 1. The van der Waals surface area contributed by atoms with Gasteiger partial charge in [0, 0.05) is 11.9 Å². The maximum Gasteiger partial charge on any atom is 0.262 e. The predicted molar refractivity (Wildman–Crippen MR) is 115 cm³/mol. The number of thioether (sulfide) groups is 1. The third kappa shape index (κ3) is 5.84. The quantitative estimate of drug-likeness (QED) is 0.644. The van der Waals surface area contributed by atoms with Crippen LogP contribution in [-0.4, -0.2) is 48.5 Å². The van der Waals surface area contributed by atoms with Crippen LogP contribution in [0.1, 0.15) is 23.5 Å². The normalized spacial score (nSPS) is 11.8. The number of anilines is 1. The van der Waals surface area contributed by atoms with Gasteiger partial charge in [0.25, 0.3) is 5.91 Å². The predicted octanol–water partition coefficient (Wildman–Crippen LogP) is 3.32. The molecule has 0 spiro atoms. The topological polar surface area (TPSA) is 78.5 Å². The lowest BCUT2D eigenvalue weighted by Gasteiger charge is -2.26. The van der Waals surface area contributed by atoms with Crippen molar-refractivity contribution in [3.8, 4) is 0 Å². The molecule has 0 saturated heterocycles. The van der Waals surface area contributed by atoms with Crippen molar-refractivity contribution < 1.29 is 14.4 Å². The van der Waals surface area contributed by atoms with E-state index < -0.39 is 6.04 Å². The van der Waals surface area contributed by atoms with Gasteiger partial charge in [-0.25, -0.2) is 0 Å². The Balaban J connectivity index is 2.00. The molecule has 0 aliphatic heterocycles. The fraction of sp³-hybridized carbons (Fsp3) is 0.350. The van der Waals surface area contributed by atoms with E-state index in [0.717, 1.165) is 4.90 Å². The molecule has 0 bridgehead atoms. The van der Waals surface area contributed by atoms with Crippen molar-refractivity contribution in [3.63, 3.8) is 0 Å². The first-order chi connectivity index (χ1) is 13.3. The number of para-hydroxylation sites is 1. The largest absolute Gasteiger partial charge is 0.339 e. The van der Waals surface area contributed by atoms with Gasteiger partial charge in [0.05, 0.1) is 17.1 Å². The van der Waals surface area contributed by atoms with Crippen molar-refractivity contribution in [2.24, 2.45) is 5.92 Å². The highest BCUT2D eigenvalue weighted by atomic mass is 32.2. The molecule has 0 fully saturated rings. The number of likely N-dealkylation sites (N-methyl/N-ethyl adjacent to an activating group) is 1. The van der Waals surface area contributed by atoms with Crippen molar-refractivity contribution in [1.29, 1.82) is 0 Å². The Morgan fingerprint density at radius 1 is 1.14 bits per heavy atom. The number of carbonyl (C=O) groups is 3. The highest BCUT2D eigenvalue weighted by Gasteiger charge is 2.28. The number of hydrogen-bond donors (Lipinski definition) is 2. The van der Waals surface area contributed by atoms with E-state index in [9.17, 15) is 14.4 Å². The summed E-state index contributed by atoms with van der Waals surface area (Å²) in [5.41, 5.74) is 0.715. The van der Waals surface area contributed by atoms with E-state index >= 15 is 0 Å². The summed E-state index contributed by atoms with van der Waals surface area (Å²) in [5, 5.41) is 7.43. The molecule has 150 valence electrons. The first kappa shape index (κ1) is 22.0. The lowest BCUT2D eigenvalue weighted by molar-refractivity contribution is -0.135. The minimum Gasteiger partial charge on any atom is -0.339 e. The summed E-state index contributed by atoms with van der Waals surface area (Å²) in [6, 6.07) is 10.3. The van der Waals surface area contributed by atoms with Gasteiger partial charge in [-0.3, -0.25) is 14.4 Å². The van der Waals surface area contributed by atoms with Gasteiger partial charge < -0.3 is 15.5 Å². The Morgan fingerprint density at radius 2 is 1.86 bits per heavy atom. The number of carbonyl (C=O) groups excluding carboxylic acids is 3. The molecule has 6 nitrogen and oxygen atoms in total. The molecule has 2 N–H and O–H groups in total. The Morgan fingerprint density at radius 3 is 2.46 bits per heavy atom. The molecular weight excluding hydrogens is 394 g/mol. The Kier molecular flexibility index (Phi) is 8.07. The summed E-state index contributed by atoms with van der Waals surface area (Å²) in [5.74, 6) is -0.981. The summed E-state index contributed by atoms with van der Waals surface area (Å²) >= 11 is 2.85. The number of hydrogen-bond acceptors (Lipinski definition) is 5. The monoisotopic (exact) mass is 419 g/mol.